The van der Waals surface area contributed by atoms with Crippen molar-refractivity contribution in [1.29, 1.82) is 5.26 Å². The Hall–Kier alpha value is -5.80. The van der Waals surface area contributed by atoms with Crippen LogP contribution in [-0.2, 0) is 16.6 Å². The molecule has 3 aliphatic rings. The van der Waals surface area contributed by atoms with Crippen LogP contribution in [0, 0.1) is 16.7 Å². The van der Waals surface area contributed by atoms with Gasteiger partial charge < -0.3 is 14.5 Å². The normalized spacial score (nSPS) is 19.4. The number of methoxy groups -OCH3 is 1. The zero-order chi connectivity index (χ0) is 34.4. The number of amides is 2. The summed E-state index contributed by atoms with van der Waals surface area (Å²) in [5.74, 6) is 1.41. The standard InChI is InChI=1S/C38H37N9O3/c1-44-24-40-36(43-44)27-5-3-25(4-6-27)26-11-15-46(16-12-26)34(48)22-45-17-13-38(23-45)14-18-47(37(38)49)30-9-10-32-31(20-30)35(42-41-32)28-7-8-29(21-39)33(19-28)50-2/h3-11,19-20,24H,12-18,22-23H2,1-2H3,(H,41,42)/t38-/m0/s1. The van der Waals surface area contributed by atoms with Crippen molar-refractivity contribution in [1.82, 2.24) is 34.8 Å². The number of nitriles is 1. The van der Waals surface area contributed by atoms with Crippen molar-refractivity contribution in [3.8, 4) is 34.5 Å². The topological polar surface area (TPSA) is 136 Å². The second-order valence-electron chi connectivity index (χ2n) is 13.4. The first kappa shape index (κ1) is 31.5. The van der Waals surface area contributed by atoms with E-state index < -0.39 is 5.41 Å². The molecule has 2 fully saturated rings. The highest BCUT2D eigenvalue weighted by Crippen LogP contribution is 2.43. The molecular formula is C38H37N9O3. The summed E-state index contributed by atoms with van der Waals surface area (Å²) in [4.78, 5) is 37.7. The van der Waals surface area contributed by atoms with E-state index in [2.05, 4.69) is 49.5 Å². The molecule has 0 radical (unpaired) electrons. The number of hydrogen-bond donors (Lipinski definition) is 1. The summed E-state index contributed by atoms with van der Waals surface area (Å²) in [6.45, 7) is 3.52. The van der Waals surface area contributed by atoms with Crippen molar-refractivity contribution < 1.29 is 14.3 Å². The van der Waals surface area contributed by atoms with Crippen LogP contribution in [0.2, 0.25) is 0 Å². The molecule has 50 heavy (non-hydrogen) atoms. The molecule has 3 aliphatic heterocycles. The predicted octanol–water partition coefficient (Wildman–Crippen LogP) is 4.65. The number of nitrogens with zero attached hydrogens (tertiary/aromatic N) is 8. The van der Waals surface area contributed by atoms with Gasteiger partial charge in [0.25, 0.3) is 0 Å². The molecule has 2 saturated heterocycles. The molecular weight excluding hydrogens is 630 g/mol. The summed E-state index contributed by atoms with van der Waals surface area (Å²) >= 11 is 0. The van der Waals surface area contributed by atoms with Gasteiger partial charge in [0, 0.05) is 55.4 Å². The number of carbonyl (C=O) groups is 2. The van der Waals surface area contributed by atoms with E-state index >= 15 is 0 Å². The minimum absolute atomic E-state index is 0.105. The molecule has 0 saturated carbocycles. The Balaban J connectivity index is 0.904. The van der Waals surface area contributed by atoms with Crippen molar-refractivity contribution in [3.63, 3.8) is 0 Å². The molecule has 252 valence electrons. The minimum atomic E-state index is -0.485. The molecule has 1 spiro atoms. The maximum atomic E-state index is 14.0. The Morgan fingerprint density at radius 1 is 1.02 bits per heavy atom. The van der Waals surface area contributed by atoms with Crippen LogP contribution in [0.4, 0.5) is 5.69 Å². The van der Waals surface area contributed by atoms with Crippen LogP contribution in [0.15, 0.2) is 73.1 Å². The lowest BCUT2D eigenvalue weighted by atomic mass is 9.85. The van der Waals surface area contributed by atoms with E-state index in [0.717, 1.165) is 64.8 Å². The molecule has 5 heterocycles. The van der Waals surface area contributed by atoms with Gasteiger partial charge in [-0.25, -0.2) is 4.98 Å². The molecule has 2 aromatic heterocycles. The quantitative estimate of drug-likeness (QED) is 0.265. The second-order valence-corrected chi connectivity index (χ2v) is 13.4. The third-order valence-electron chi connectivity index (χ3n) is 10.4. The number of carbonyl (C=O) groups excluding carboxylic acids is 2. The lowest BCUT2D eigenvalue weighted by molar-refractivity contribution is -0.132. The Bertz CT molecular complexity index is 2190. The Kier molecular flexibility index (Phi) is 7.92. The van der Waals surface area contributed by atoms with Crippen molar-refractivity contribution in [3.05, 3.63) is 84.2 Å². The summed E-state index contributed by atoms with van der Waals surface area (Å²) in [6.07, 6.45) is 6.14. The average molecular weight is 668 g/mol. The minimum Gasteiger partial charge on any atom is -0.495 e. The summed E-state index contributed by atoms with van der Waals surface area (Å²) in [5, 5.41) is 22.3. The number of fused-ring (bicyclic) bond motifs is 1. The highest BCUT2D eigenvalue weighted by molar-refractivity contribution is 6.03. The summed E-state index contributed by atoms with van der Waals surface area (Å²) in [7, 11) is 3.40. The number of aromatic nitrogens is 5. The number of anilines is 1. The molecule has 0 unspecified atom stereocenters. The first-order valence-electron chi connectivity index (χ1n) is 16.9. The molecule has 3 aromatic carbocycles. The number of ether oxygens (including phenoxy) is 1. The smallest absolute Gasteiger partial charge is 0.237 e. The Labute approximate surface area is 289 Å². The SMILES string of the molecule is COc1cc(-c2n[nH]c3ccc(N4CC[C@]5(CCN(CC(=O)N6CC=C(c7ccc(-c8ncn(C)n8)cc7)CC6)C5)C4=O)cc23)ccc1C#N. The molecule has 0 bridgehead atoms. The predicted molar refractivity (Wildman–Crippen MR) is 189 cm³/mol. The van der Waals surface area contributed by atoms with Crippen molar-refractivity contribution in [2.24, 2.45) is 12.5 Å². The molecule has 2 amide bonds. The number of aromatic amines is 1. The van der Waals surface area contributed by atoms with Gasteiger partial charge in [-0.15, -0.1) is 0 Å². The van der Waals surface area contributed by atoms with E-state index in [1.165, 1.54) is 5.57 Å². The van der Waals surface area contributed by atoms with Gasteiger partial charge in [0.1, 0.15) is 23.8 Å². The van der Waals surface area contributed by atoms with Gasteiger partial charge in [-0.1, -0.05) is 36.4 Å². The lowest BCUT2D eigenvalue weighted by Gasteiger charge is -2.29. The third kappa shape index (κ3) is 5.59. The van der Waals surface area contributed by atoms with E-state index in [0.29, 0.717) is 49.9 Å². The molecule has 1 atom stereocenters. The van der Waals surface area contributed by atoms with Crippen LogP contribution in [0.25, 0.3) is 39.1 Å². The van der Waals surface area contributed by atoms with Crippen LogP contribution in [0.3, 0.4) is 0 Å². The van der Waals surface area contributed by atoms with Gasteiger partial charge in [0.2, 0.25) is 11.8 Å². The average Bonchev–Trinajstić information content (AvgIpc) is 3.95. The number of hydrogen-bond acceptors (Lipinski definition) is 8. The van der Waals surface area contributed by atoms with Crippen molar-refractivity contribution in [2.45, 2.75) is 19.3 Å². The summed E-state index contributed by atoms with van der Waals surface area (Å²) in [6, 6.07) is 21.7. The largest absolute Gasteiger partial charge is 0.495 e. The summed E-state index contributed by atoms with van der Waals surface area (Å²) in [5.41, 5.74) is 6.57. The van der Waals surface area contributed by atoms with Gasteiger partial charge in [-0.3, -0.25) is 24.3 Å². The van der Waals surface area contributed by atoms with Gasteiger partial charge >= 0.3 is 0 Å². The van der Waals surface area contributed by atoms with E-state index in [1.807, 2.05) is 59.3 Å². The highest BCUT2D eigenvalue weighted by atomic mass is 16.5. The maximum absolute atomic E-state index is 14.0. The Morgan fingerprint density at radius 2 is 1.82 bits per heavy atom. The first-order chi connectivity index (χ1) is 24.3. The van der Waals surface area contributed by atoms with Crippen LogP contribution >= 0.6 is 0 Å². The van der Waals surface area contributed by atoms with Crippen LogP contribution < -0.4 is 9.64 Å². The maximum Gasteiger partial charge on any atom is 0.237 e. The first-order valence-corrected chi connectivity index (χ1v) is 16.9. The third-order valence-corrected chi connectivity index (χ3v) is 10.4. The molecule has 12 nitrogen and oxygen atoms in total. The van der Waals surface area contributed by atoms with Crippen molar-refractivity contribution >= 4 is 34.0 Å². The number of H-pyrrole nitrogens is 1. The number of nitrogens with one attached hydrogen (secondary N) is 1. The molecule has 12 heteroatoms. The van der Waals surface area contributed by atoms with Crippen LogP contribution in [0.5, 0.6) is 5.75 Å². The number of rotatable bonds is 7. The van der Waals surface area contributed by atoms with E-state index in [1.54, 1.807) is 24.2 Å². The monoisotopic (exact) mass is 667 g/mol. The van der Waals surface area contributed by atoms with E-state index in [9.17, 15) is 14.9 Å². The molecule has 1 N–H and O–H groups in total. The number of likely N-dealkylation sites (tertiary alicyclic amines) is 1. The molecule has 0 aliphatic carbocycles. The fraction of sp³-hybridized carbons (Fsp3) is 0.316. The number of benzene rings is 3. The highest BCUT2D eigenvalue weighted by Gasteiger charge is 2.51. The van der Waals surface area contributed by atoms with Gasteiger partial charge in [0.15, 0.2) is 5.82 Å². The fourth-order valence-electron chi connectivity index (χ4n) is 7.61. The molecule has 8 rings (SSSR count). The number of aryl methyl sites for hydroxylation is 1. The van der Waals surface area contributed by atoms with Crippen LogP contribution in [0.1, 0.15) is 30.4 Å². The van der Waals surface area contributed by atoms with Crippen LogP contribution in [-0.4, -0.2) is 93.0 Å². The fourth-order valence-corrected chi connectivity index (χ4v) is 7.61. The summed E-state index contributed by atoms with van der Waals surface area (Å²) < 4.78 is 7.11. The zero-order valence-corrected chi connectivity index (χ0v) is 28.1. The van der Waals surface area contributed by atoms with Gasteiger partial charge in [0.05, 0.1) is 30.1 Å². The lowest BCUT2D eigenvalue weighted by Crippen LogP contribution is -2.43. The van der Waals surface area contributed by atoms with Gasteiger partial charge in [-0.05, 0) is 67.3 Å². The zero-order valence-electron chi connectivity index (χ0n) is 28.1. The van der Waals surface area contributed by atoms with Gasteiger partial charge in [-0.2, -0.15) is 15.5 Å². The Morgan fingerprint density at radius 3 is 2.56 bits per heavy atom. The molecule has 5 aromatic rings. The van der Waals surface area contributed by atoms with E-state index in [-0.39, 0.29) is 11.8 Å². The van der Waals surface area contributed by atoms with Crippen molar-refractivity contribution in [2.75, 3.05) is 51.3 Å². The second kappa shape index (κ2) is 12.6. The van der Waals surface area contributed by atoms with E-state index in [4.69, 9.17) is 4.74 Å².